The lowest BCUT2D eigenvalue weighted by molar-refractivity contribution is 0.100. The molecule has 0 bridgehead atoms. The number of nitrogens with two attached hydrogens (primary N) is 1. The van der Waals surface area contributed by atoms with Gasteiger partial charge in [-0.2, -0.15) is 0 Å². The van der Waals surface area contributed by atoms with Crippen LogP contribution in [0.4, 0.5) is 0 Å². The number of benzene rings is 1. The Balaban J connectivity index is 1.64. The zero-order chi connectivity index (χ0) is 14.7. The molecule has 1 aromatic carbocycles. The summed E-state index contributed by atoms with van der Waals surface area (Å²) in [5.74, 6) is 0.909. The third-order valence-corrected chi connectivity index (χ3v) is 3.73. The van der Waals surface area contributed by atoms with Crippen LogP contribution in [-0.4, -0.2) is 11.1 Å². The van der Waals surface area contributed by atoms with Crippen molar-refractivity contribution in [2.45, 2.75) is 6.61 Å². The summed E-state index contributed by atoms with van der Waals surface area (Å²) in [7, 11) is 0. The lowest BCUT2D eigenvalue weighted by Gasteiger charge is -2.03. The molecule has 0 saturated heterocycles. The fraction of sp³-hybridized carbons (Fsp3) is 0.0667. The molecule has 1 amide bonds. The van der Waals surface area contributed by atoms with E-state index in [1.165, 1.54) is 0 Å². The molecule has 0 radical (unpaired) electrons. The highest BCUT2D eigenvalue weighted by Gasteiger charge is 2.08. The van der Waals surface area contributed by atoms with Crippen molar-refractivity contribution in [1.29, 1.82) is 0 Å². The molecule has 5 nitrogen and oxygen atoms in total. The first kappa shape index (κ1) is 13.4. The number of hydrogen-bond acceptors (Lipinski definition) is 5. The highest BCUT2D eigenvalue weighted by molar-refractivity contribution is 7.13. The maximum atomic E-state index is 11.0. The Hall–Kier alpha value is -2.60. The van der Waals surface area contributed by atoms with Gasteiger partial charge in [0.2, 0.25) is 5.91 Å². The first-order valence-electron chi connectivity index (χ1n) is 6.24. The van der Waals surface area contributed by atoms with Crippen molar-refractivity contribution in [3.05, 3.63) is 59.1 Å². The van der Waals surface area contributed by atoms with Gasteiger partial charge in [0.1, 0.15) is 18.1 Å². The summed E-state index contributed by atoms with van der Waals surface area (Å²) < 4.78 is 10.9. The number of thiophene rings is 1. The number of carbonyl (C=O) groups excluding carboxylic acids is 1. The van der Waals surface area contributed by atoms with Gasteiger partial charge in [0.15, 0.2) is 5.76 Å². The molecule has 6 heteroatoms. The Morgan fingerprint density at radius 2 is 2.10 bits per heavy atom. The Labute approximate surface area is 124 Å². The Kier molecular flexibility index (Phi) is 3.70. The van der Waals surface area contributed by atoms with Crippen molar-refractivity contribution in [2.75, 3.05) is 0 Å². The van der Waals surface area contributed by atoms with Crippen LogP contribution in [0.1, 0.15) is 16.1 Å². The lowest BCUT2D eigenvalue weighted by Crippen LogP contribution is -2.10. The average Bonchev–Trinajstić information content (AvgIpc) is 3.16. The number of aromatic nitrogens is 1. The predicted molar refractivity (Wildman–Crippen MR) is 79.1 cm³/mol. The van der Waals surface area contributed by atoms with Gasteiger partial charge in [-0.3, -0.25) is 4.79 Å². The quantitative estimate of drug-likeness (QED) is 0.785. The molecule has 0 saturated carbocycles. The van der Waals surface area contributed by atoms with E-state index in [0.717, 1.165) is 10.6 Å². The minimum atomic E-state index is -0.460. The normalized spacial score (nSPS) is 10.5. The molecule has 0 unspecified atom stereocenters. The summed E-state index contributed by atoms with van der Waals surface area (Å²) in [6, 6.07) is 12.4. The van der Waals surface area contributed by atoms with Crippen molar-refractivity contribution < 1.29 is 14.1 Å². The second-order valence-electron chi connectivity index (χ2n) is 4.34. The monoisotopic (exact) mass is 300 g/mol. The standard InChI is InChI=1S/C15H12N2O3S/c16-15(18)10-3-5-12(6-4-10)19-9-11-8-13(20-17-11)14-2-1-7-21-14/h1-8H,9H2,(H2,16,18). The third-order valence-electron chi connectivity index (χ3n) is 2.85. The highest BCUT2D eigenvalue weighted by Crippen LogP contribution is 2.25. The molecule has 0 fully saturated rings. The Morgan fingerprint density at radius 3 is 2.76 bits per heavy atom. The molecule has 0 aliphatic rings. The number of rotatable bonds is 5. The van der Waals surface area contributed by atoms with E-state index in [1.807, 2.05) is 23.6 Å². The minimum Gasteiger partial charge on any atom is -0.487 e. The summed E-state index contributed by atoms with van der Waals surface area (Å²) in [5, 5.41) is 5.95. The van der Waals surface area contributed by atoms with Gasteiger partial charge in [-0.25, -0.2) is 0 Å². The minimum absolute atomic E-state index is 0.296. The van der Waals surface area contributed by atoms with E-state index < -0.39 is 5.91 Å². The van der Waals surface area contributed by atoms with Gasteiger partial charge in [-0.05, 0) is 35.7 Å². The average molecular weight is 300 g/mol. The molecular formula is C15H12N2O3S. The summed E-state index contributed by atoms with van der Waals surface area (Å²) in [4.78, 5) is 12.0. The summed E-state index contributed by atoms with van der Waals surface area (Å²) in [6.07, 6.45) is 0. The van der Waals surface area contributed by atoms with Gasteiger partial charge < -0.3 is 15.0 Å². The summed E-state index contributed by atoms with van der Waals surface area (Å²) in [5.41, 5.74) is 6.33. The molecule has 3 aromatic rings. The van der Waals surface area contributed by atoms with Gasteiger partial charge in [0.05, 0.1) is 4.88 Å². The number of ether oxygens (including phenoxy) is 1. The highest BCUT2D eigenvalue weighted by atomic mass is 32.1. The van der Waals surface area contributed by atoms with Crippen LogP contribution in [0.5, 0.6) is 5.75 Å². The molecule has 0 spiro atoms. The van der Waals surface area contributed by atoms with Gasteiger partial charge >= 0.3 is 0 Å². The smallest absolute Gasteiger partial charge is 0.248 e. The van der Waals surface area contributed by atoms with Crippen molar-refractivity contribution in [3.8, 4) is 16.4 Å². The molecule has 2 aromatic heterocycles. The van der Waals surface area contributed by atoms with Crippen molar-refractivity contribution in [3.63, 3.8) is 0 Å². The predicted octanol–water partition coefficient (Wildman–Crippen LogP) is 3.08. The molecule has 0 aliphatic carbocycles. The van der Waals surface area contributed by atoms with Crippen LogP contribution >= 0.6 is 11.3 Å². The SMILES string of the molecule is NC(=O)c1ccc(OCc2cc(-c3cccs3)on2)cc1. The fourth-order valence-corrected chi connectivity index (χ4v) is 2.46. The first-order valence-corrected chi connectivity index (χ1v) is 7.12. The zero-order valence-corrected chi connectivity index (χ0v) is 11.8. The van der Waals surface area contributed by atoms with Crippen molar-refractivity contribution in [1.82, 2.24) is 5.16 Å². The van der Waals surface area contributed by atoms with Gasteiger partial charge in [-0.15, -0.1) is 11.3 Å². The van der Waals surface area contributed by atoms with Gasteiger partial charge in [0.25, 0.3) is 0 Å². The van der Waals surface area contributed by atoms with E-state index in [-0.39, 0.29) is 0 Å². The summed E-state index contributed by atoms with van der Waals surface area (Å²) in [6.45, 7) is 0.296. The zero-order valence-electron chi connectivity index (χ0n) is 11.0. The Morgan fingerprint density at radius 1 is 1.29 bits per heavy atom. The molecule has 0 atom stereocenters. The third kappa shape index (κ3) is 3.11. The van der Waals surface area contributed by atoms with E-state index in [1.54, 1.807) is 35.6 Å². The fourth-order valence-electron chi connectivity index (χ4n) is 1.79. The number of primary amides is 1. The lowest BCUT2D eigenvalue weighted by atomic mass is 10.2. The summed E-state index contributed by atoms with van der Waals surface area (Å²) >= 11 is 1.59. The van der Waals surface area contributed by atoms with Gasteiger partial charge in [-0.1, -0.05) is 11.2 Å². The molecule has 0 aliphatic heterocycles. The maximum Gasteiger partial charge on any atom is 0.248 e. The van der Waals surface area contributed by atoms with E-state index in [0.29, 0.717) is 23.6 Å². The van der Waals surface area contributed by atoms with E-state index in [4.69, 9.17) is 15.0 Å². The number of nitrogens with zero attached hydrogens (tertiary/aromatic N) is 1. The number of hydrogen-bond donors (Lipinski definition) is 1. The Bertz CT molecular complexity index is 733. The van der Waals surface area contributed by atoms with E-state index in [9.17, 15) is 4.79 Å². The van der Waals surface area contributed by atoms with Crippen LogP contribution in [-0.2, 0) is 6.61 Å². The molecule has 3 rings (SSSR count). The molecule has 2 heterocycles. The van der Waals surface area contributed by atoms with Crippen LogP contribution < -0.4 is 10.5 Å². The van der Waals surface area contributed by atoms with Crippen LogP contribution in [0.15, 0.2) is 52.4 Å². The topological polar surface area (TPSA) is 78.4 Å². The maximum absolute atomic E-state index is 11.0. The molecule has 2 N–H and O–H groups in total. The second-order valence-corrected chi connectivity index (χ2v) is 5.28. The van der Waals surface area contributed by atoms with Crippen LogP contribution in [0.2, 0.25) is 0 Å². The largest absolute Gasteiger partial charge is 0.487 e. The van der Waals surface area contributed by atoms with Crippen LogP contribution in [0.3, 0.4) is 0 Å². The van der Waals surface area contributed by atoms with Crippen LogP contribution in [0, 0.1) is 0 Å². The number of amides is 1. The molecule has 21 heavy (non-hydrogen) atoms. The van der Waals surface area contributed by atoms with Gasteiger partial charge in [0, 0.05) is 11.6 Å². The number of carbonyl (C=O) groups is 1. The first-order chi connectivity index (χ1) is 10.2. The molecule has 106 valence electrons. The van der Waals surface area contributed by atoms with Crippen LogP contribution in [0.25, 0.3) is 10.6 Å². The van der Waals surface area contributed by atoms with E-state index in [2.05, 4.69) is 5.16 Å². The molecular weight excluding hydrogens is 288 g/mol. The van der Waals surface area contributed by atoms with Crippen molar-refractivity contribution in [2.24, 2.45) is 5.73 Å². The van der Waals surface area contributed by atoms with Crippen molar-refractivity contribution >= 4 is 17.2 Å². The second kappa shape index (κ2) is 5.80. The van der Waals surface area contributed by atoms with E-state index >= 15 is 0 Å².